The molecule has 0 aliphatic carbocycles. The lowest BCUT2D eigenvalue weighted by Crippen LogP contribution is -1.64. The molecule has 0 atom stereocenters. The van der Waals surface area contributed by atoms with E-state index >= 15 is 0 Å². The quantitative estimate of drug-likeness (QED) is 0.571. The highest BCUT2D eigenvalue weighted by Gasteiger charge is 1.67. The second-order valence-corrected chi connectivity index (χ2v) is 2.34. The monoisotopic (exact) mass is 138 g/mol. The molecule has 0 fully saturated rings. The number of thiol groups is 1. The molecule has 0 aromatic heterocycles. The molecule has 0 rings (SSSR count). The molecular weight excluding hydrogens is 124 g/mol. The van der Waals surface area contributed by atoms with Gasteiger partial charge in [0.1, 0.15) is 0 Å². The third-order valence-electron chi connectivity index (χ3n) is 0.408. The van der Waals surface area contributed by atoms with Gasteiger partial charge in [0.05, 0.1) is 0 Å². The van der Waals surface area contributed by atoms with Crippen LogP contribution in [0, 0.1) is 0 Å². The lowest BCUT2D eigenvalue weighted by molar-refractivity contribution is 1.46. The van der Waals surface area contributed by atoms with Crippen molar-refractivity contribution in [1.82, 2.24) is 0 Å². The predicted octanol–water partition coefficient (Wildman–Crippen LogP) is 2.31. The van der Waals surface area contributed by atoms with Crippen LogP contribution < -0.4 is 0 Å². The molecule has 0 radical (unpaired) electrons. The Kier molecular flexibility index (Phi) is 24.2. The smallest absolute Gasteiger partial charge is 0.00961 e. The summed E-state index contributed by atoms with van der Waals surface area (Å²) >= 11 is 5.49. The van der Waals surface area contributed by atoms with Gasteiger partial charge in [0.25, 0.3) is 0 Å². The van der Waals surface area contributed by atoms with E-state index < -0.39 is 0 Å². The van der Waals surface area contributed by atoms with Crippen molar-refractivity contribution in [3.8, 4) is 0 Å². The van der Waals surface area contributed by atoms with Crippen molar-refractivity contribution in [1.29, 1.82) is 0 Å². The molecule has 0 amide bonds. The van der Waals surface area contributed by atoms with Crippen LogP contribution in [0.25, 0.3) is 0 Å². The molecule has 46 valence electrons. The van der Waals surface area contributed by atoms with Crippen molar-refractivity contribution >= 4 is 24.4 Å². The van der Waals surface area contributed by atoms with Crippen LogP contribution >= 0.6 is 24.4 Å². The number of hydrogen-bond donors (Lipinski definition) is 1. The Balaban J connectivity index is 0. The van der Waals surface area contributed by atoms with E-state index in [2.05, 4.69) is 26.5 Å². The van der Waals surface area contributed by atoms with Crippen LogP contribution in [0.2, 0.25) is 0 Å². The zero-order chi connectivity index (χ0) is 6.12. The summed E-state index contributed by atoms with van der Waals surface area (Å²) in [4.78, 5) is 0. The summed E-state index contributed by atoms with van der Waals surface area (Å²) in [6.45, 7) is 4.35. The lowest BCUT2D eigenvalue weighted by atomic mass is 11.0. The molecule has 0 saturated carbocycles. The standard InChI is InChI=1S/C4H10S.CH4S/c1-3-5-4-2;1-2/h3-4H2,1-2H3;2H,1H3. The molecule has 0 spiro atoms. The first-order chi connectivity index (χ1) is 3.41. The third kappa shape index (κ3) is 20.3. The van der Waals surface area contributed by atoms with Crippen LogP contribution in [0.3, 0.4) is 0 Å². The predicted molar refractivity (Wildman–Crippen MR) is 43.6 cm³/mol. The van der Waals surface area contributed by atoms with Crippen molar-refractivity contribution in [3.05, 3.63) is 0 Å². The van der Waals surface area contributed by atoms with Gasteiger partial charge < -0.3 is 0 Å². The first-order valence-electron chi connectivity index (χ1n) is 2.44. The Morgan fingerprint density at radius 2 is 1.43 bits per heavy atom. The van der Waals surface area contributed by atoms with Gasteiger partial charge in [0, 0.05) is 0 Å². The topological polar surface area (TPSA) is 0 Å². The first-order valence-corrected chi connectivity index (χ1v) is 4.49. The van der Waals surface area contributed by atoms with Crippen molar-refractivity contribution in [2.45, 2.75) is 13.8 Å². The molecule has 0 bridgehead atoms. The van der Waals surface area contributed by atoms with E-state index in [9.17, 15) is 0 Å². The Morgan fingerprint density at radius 3 is 1.43 bits per heavy atom. The maximum absolute atomic E-state index is 3.53. The number of thioether (sulfide) groups is 1. The summed E-state index contributed by atoms with van der Waals surface area (Å²) < 4.78 is 0. The maximum Gasteiger partial charge on any atom is -0.00961 e. The maximum atomic E-state index is 3.53. The SMILES string of the molecule is CCSCC.CS. The molecule has 0 aliphatic rings. The van der Waals surface area contributed by atoms with Crippen LogP contribution in [0.4, 0.5) is 0 Å². The second-order valence-electron chi connectivity index (χ2n) is 0.781. The van der Waals surface area contributed by atoms with E-state index in [0.717, 1.165) is 0 Å². The van der Waals surface area contributed by atoms with E-state index in [-0.39, 0.29) is 0 Å². The summed E-state index contributed by atoms with van der Waals surface area (Å²) in [6, 6.07) is 0. The summed E-state index contributed by atoms with van der Waals surface area (Å²) in [6.07, 6.45) is 1.69. The van der Waals surface area contributed by atoms with Gasteiger partial charge in [-0.25, -0.2) is 0 Å². The lowest BCUT2D eigenvalue weighted by Gasteiger charge is -1.80. The van der Waals surface area contributed by atoms with E-state index in [0.29, 0.717) is 0 Å². The molecule has 0 nitrogen and oxygen atoms in total. The Labute approximate surface area is 56.5 Å². The van der Waals surface area contributed by atoms with E-state index in [1.54, 1.807) is 6.26 Å². The Hall–Kier alpha value is 0.700. The normalized spacial score (nSPS) is 6.86. The van der Waals surface area contributed by atoms with E-state index in [4.69, 9.17) is 0 Å². The summed E-state index contributed by atoms with van der Waals surface area (Å²) in [5.41, 5.74) is 0. The minimum absolute atomic E-state index is 1.26. The molecule has 0 aromatic rings. The van der Waals surface area contributed by atoms with Gasteiger partial charge in [-0.3, -0.25) is 0 Å². The van der Waals surface area contributed by atoms with Gasteiger partial charge in [-0.1, -0.05) is 13.8 Å². The van der Waals surface area contributed by atoms with Crippen molar-refractivity contribution in [3.63, 3.8) is 0 Å². The van der Waals surface area contributed by atoms with Crippen molar-refractivity contribution < 1.29 is 0 Å². The average Bonchev–Trinajstić information content (AvgIpc) is 1.75. The fraction of sp³-hybridized carbons (Fsp3) is 1.00. The van der Waals surface area contributed by atoms with E-state index in [1.807, 2.05) is 11.8 Å². The molecule has 0 heterocycles. The van der Waals surface area contributed by atoms with Gasteiger partial charge >= 0.3 is 0 Å². The van der Waals surface area contributed by atoms with Gasteiger partial charge in [0.15, 0.2) is 0 Å². The highest BCUT2D eigenvalue weighted by molar-refractivity contribution is 7.99. The fourth-order valence-electron chi connectivity index (χ4n) is 0.204. The Morgan fingerprint density at radius 1 is 1.14 bits per heavy atom. The molecule has 0 aliphatic heterocycles. The molecular formula is C5H14S2. The van der Waals surface area contributed by atoms with Gasteiger partial charge in [-0.2, -0.15) is 24.4 Å². The summed E-state index contributed by atoms with van der Waals surface area (Å²) in [7, 11) is 0. The number of hydrogen-bond acceptors (Lipinski definition) is 2. The fourth-order valence-corrected chi connectivity index (χ4v) is 0.612. The average molecular weight is 138 g/mol. The molecule has 0 saturated heterocycles. The van der Waals surface area contributed by atoms with Crippen LogP contribution in [0.5, 0.6) is 0 Å². The van der Waals surface area contributed by atoms with Crippen molar-refractivity contribution in [2.75, 3.05) is 17.8 Å². The molecule has 7 heavy (non-hydrogen) atoms. The zero-order valence-corrected chi connectivity index (χ0v) is 6.98. The zero-order valence-electron chi connectivity index (χ0n) is 5.27. The third-order valence-corrected chi connectivity index (χ3v) is 1.22. The highest BCUT2D eigenvalue weighted by atomic mass is 32.2. The van der Waals surface area contributed by atoms with E-state index in [1.165, 1.54) is 11.5 Å². The van der Waals surface area contributed by atoms with Crippen LogP contribution in [0.1, 0.15) is 13.8 Å². The van der Waals surface area contributed by atoms with Gasteiger partial charge in [-0.15, -0.1) is 0 Å². The second kappa shape index (κ2) is 15.9. The molecule has 2 heteroatoms. The van der Waals surface area contributed by atoms with Gasteiger partial charge in [0.2, 0.25) is 0 Å². The van der Waals surface area contributed by atoms with Crippen LogP contribution in [-0.4, -0.2) is 17.8 Å². The Bertz CT molecular complexity index is 13.6. The minimum Gasteiger partial charge on any atom is -0.183 e. The largest absolute Gasteiger partial charge is 0.183 e. The molecule has 0 unspecified atom stereocenters. The molecule has 0 N–H and O–H groups in total. The summed E-state index contributed by atoms with van der Waals surface area (Å²) in [5, 5.41) is 0. The minimum atomic E-state index is 1.26. The van der Waals surface area contributed by atoms with Gasteiger partial charge in [-0.05, 0) is 17.8 Å². The number of rotatable bonds is 2. The van der Waals surface area contributed by atoms with Crippen LogP contribution in [0.15, 0.2) is 0 Å². The van der Waals surface area contributed by atoms with Crippen molar-refractivity contribution in [2.24, 2.45) is 0 Å². The molecule has 0 aromatic carbocycles. The van der Waals surface area contributed by atoms with Crippen LogP contribution in [-0.2, 0) is 0 Å². The highest BCUT2D eigenvalue weighted by Crippen LogP contribution is 1.93. The first kappa shape index (κ1) is 10.6. The summed E-state index contributed by atoms with van der Waals surface area (Å²) in [5.74, 6) is 2.52.